The molecule has 7 heteroatoms. The SMILES string of the molecule is CCOC(=O)C1(CCOc2ccccc2)CCCN(CCCC(F)(F)F)C1. The average Bonchev–Trinajstić information content (AvgIpc) is 2.62. The highest BCUT2D eigenvalue weighted by Crippen LogP contribution is 2.35. The number of carbonyl (C=O) groups excluding carboxylic acids is 1. The molecule has 0 saturated carbocycles. The fourth-order valence-electron chi connectivity index (χ4n) is 3.56. The molecule has 1 unspecified atom stereocenters. The van der Waals surface area contributed by atoms with Crippen molar-refractivity contribution in [1.82, 2.24) is 4.90 Å². The van der Waals surface area contributed by atoms with Crippen LogP contribution in [0.15, 0.2) is 30.3 Å². The van der Waals surface area contributed by atoms with Crippen LogP contribution in [0.2, 0.25) is 0 Å². The minimum atomic E-state index is -4.14. The third kappa shape index (κ3) is 7.05. The highest BCUT2D eigenvalue weighted by Gasteiger charge is 2.43. The monoisotopic (exact) mass is 387 g/mol. The Bertz CT molecular complexity index is 580. The lowest BCUT2D eigenvalue weighted by atomic mass is 9.77. The predicted molar refractivity (Wildman–Crippen MR) is 96.6 cm³/mol. The van der Waals surface area contributed by atoms with E-state index < -0.39 is 18.0 Å². The van der Waals surface area contributed by atoms with Crippen LogP contribution in [0.25, 0.3) is 0 Å². The van der Waals surface area contributed by atoms with Crippen molar-refractivity contribution in [1.29, 1.82) is 0 Å². The number of esters is 1. The summed E-state index contributed by atoms with van der Waals surface area (Å²) in [5.41, 5.74) is -0.721. The second-order valence-electron chi connectivity index (χ2n) is 7.01. The van der Waals surface area contributed by atoms with Gasteiger partial charge in [0.15, 0.2) is 0 Å². The number of piperidine rings is 1. The van der Waals surface area contributed by atoms with Gasteiger partial charge in [-0.2, -0.15) is 13.2 Å². The fraction of sp³-hybridized carbons (Fsp3) is 0.650. The molecule has 0 bridgehead atoms. The van der Waals surface area contributed by atoms with Crippen LogP contribution < -0.4 is 4.74 Å². The van der Waals surface area contributed by atoms with E-state index in [4.69, 9.17) is 9.47 Å². The molecule has 1 aromatic rings. The van der Waals surface area contributed by atoms with Crippen LogP contribution in [0.1, 0.15) is 39.0 Å². The van der Waals surface area contributed by atoms with Gasteiger partial charge >= 0.3 is 12.1 Å². The molecule has 0 aromatic heterocycles. The van der Waals surface area contributed by atoms with E-state index in [-0.39, 0.29) is 19.0 Å². The molecule has 1 aromatic carbocycles. The summed E-state index contributed by atoms with van der Waals surface area (Å²) < 4.78 is 48.3. The van der Waals surface area contributed by atoms with Crippen LogP contribution in [-0.2, 0) is 9.53 Å². The van der Waals surface area contributed by atoms with Crippen molar-refractivity contribution in [3.63, 3.8) is 0 Å². The Morgan fingerprint density at radius 2 is 2.00 bits per heavy atom. The van der Waals surface area contributed by atoms with Crippen molar-refractivity contribution in [2.75, 3.05) is 32.8 Å². The normalized spacial score (nSPS) is 21.0. The van der Waals surface area contributed by atoms with Crippen molar-refractivity contribution >= 4 is 5.97 Å². The summed E-state index contributed by atoms with van der Waals surface area (Å²) in [6, 6.07) is 9.34. The van der Waals surface area contributed by atoms with Gasteiger partial charge in [0.25, 0.3) is 0 Å². The van der Waals surface area contributed by atoms with E-state index in [0.29, 0.717) is 39.1 Å². The van der Waals surface area contributed by atoms with Crippen molar-refractivity contribution < 1.29 is 27.4 Å². The van der Waals surface area contributed by atoms with Crippen LogP contribution in [0.5, 0.6) is 5.75 Å². The zero-order valence-corrected chi connectivity index (χ0v) is 15.8. The summed E-state index contributed by atoms with van der Waals surface area (Å²) in [5.74, 6) is 0.455. The zero-order chi connectivity index (χ0) is 19.8. The topological polar surface area (TPSA) is 38.8 Å². The first-order chi connectivity index (χ1) is 12.8. The van der Waals surface area contributed by atoms with Crippen molar-refractivity contribution in [2.24, 2.45) is 5.41 Å². The number of hydrogen-bond donors (Lipinski definition) is 0. The standard InChI is InChI=1S/C20H28F3NO3/c1-2-26-18(25)19(12-15-27-17-8-4-3-5-9-17)10-6-13-24(16-19)14-7-11-20(21,22)23/h3-5,8-9H,2,6-7,10-16H2,1H3. The number of nitrogens with zero attached hydrogens (tertiary/aromatic N) is 1. The number of halogens is 3. The second kappa shape index (κ2) is 9.97. The molecule has 0 aliphatic carbocycles. The van der Waals surface area contributed by atoms with E-state index in [2.05, 4.69) is 0 Å². The van der Waals surface area contributed by atoms with Gasteiger partial charge in [-0.15, -0.1) is 0 Å². The lowest BCUT2D eigenvalue weighted by Gasteiger charge is -2.41. The molecule has 4 nitrogen and oxygen atoms in total. The highest BCUT2D eigenvalue weighted by molar-refractivity contribution is 5.77. The molecule has 1 heterocycles. The Labute approximate surface area is 158 Å². The third-order valence-corrected chi connectivity index (χ3v) is 4.89. The number of rotatable bonds is 9. The van der Waals surface area contributed by atoms with Crippen molar-refractivity contribution in [2.45, 2.75) is 45.2 Å². The summed E-state index contributed by atoms with van der Waals surface area (Å²) in [6.45, 7) is 3.87. The summed E-state index contributed by atoms with van der Waals surface area (Å²) in [4.78, 5) is 14.6. The van der Waals surface area contributed by atoms with E-state index in [0.717, 1.165) is 12.2 Å². The number of ether oxygens (including phenoxy) is 2. The Morgan fingerprint density at radius 1 is 1.26 bits per heavy atom. The van der Waals surface area contributed by atoms with E-state index in [9.17, 15) is 18.0 Å². The molecule has 0 amide bonds. The summed E-state index contributed by atoms with van der Waals surface area (Å²) >= 11 is 0. The molecule has 2 rings (SSSR count). The Balaban J connectivity index is 1.96. The Kier molecular flexibility index (Phi) is 7.95. The molecule has 1 fully saturated rings. The van der Waals surface area contributed by atoms with Gasteiger partial charge in [-0.1, -0.05) is 18.2 Å². The van der Waals surface area contributed by atoms with Crippen LogP contribution in [0, 0.1) is 5.41 Å². The van der Waals surface area contributed by atoms with E-state index in [1.807, 2.05) is 35.2 Å². The summed E-state index contributed by atoms with van der Waals surface area (Å²) in [5, 5.41) is 0. The van der Waals surface area contributed by atoms with Gasteiger partial charge in [0.05, 0.1) is 18.6 Å². The van der Waals surface area contributed by atoms with Gasteiger partial charge in [0, 0.05) is 13.0 Å². The van der Waals surface area contributed by atoms with Gasteiger partial charge in [0.1, 0.15) is 5.75 Å². The quantitative estimate of drug-likeness (QED) is 0.587. The molecule has 0 radical (unpaired) electrons. The first-order valence-corrected chi connectivity index (χ1v) is 9.49. The molecule has 1 atom stereocenters. The smallest absolute Gasteiger partial charge is 0.389 e. The molecule has 152 valence electrons. The zero-order valence-electron chi connectivity index (χ0n) is 15.8. The Hall–Kier alpha value is -1.76. The summed E-state index contributed by atoms with van der Waals surface area (Å²) in [7, 11) is 0. The third-order valence-electron chi connectivity index (χ3n) is 4.89. The molecule has 1 saturated heterocycles. The lowest BCUT2D eigenvalue weighted by molar-refractivity contribution is -0.161. The molecule has 1 aliphatic heterocycles. The number of hydrogen-bond acceptors (Lipinski definition) is 4. The van der Waals surface area contributed by atoms with Gasteiger partial charge in [-0.3, -0.25) is 4.79 Å². The first-order valence-electron chi connectivity index (χ1n) is 9.49. The number of benzene rings is 1. The molecule has 0 spiro atoms. The second-order valence-corrected chi connectivity index (χ2v) is 7.01. The van der Waals surface area contributed by atoms with Crippen LogP contribution in [-0.4, -0.2) is 49.9 Å². The maximum atomic E-state index is 12.7. The fourth-order valence-corrected chi connectivity index (χ4v) is 3.56. The van der Waals surface area contributed by atoms with E-state index in [1.165, 1.54) is 0 Å². The molecular weight excluding hydrogens is 359 g/mol. The van der Waals surface area contributed by atoms with Crippen LogP contribution in [0.4, 0.5) is 13.2 Å². The van der Waals surface area contributed by atoms with Crippen molar-refractivity contribution in [3.05, 3.63) is 30.3 Å². The van der Waals surface area contributed by atoms with E-state index >= 15 is 0 Å². The number of carbonyl (C=O) groups is 1. The van der Waals surface area contributed by atoms with Gasteiger partial charge < -0.3 is 14.4 Å². The molecule has 27 heavy (non-hydrogen) atoms. The van der Waals surface area contributed by atoms with Crippen LogP contribution in [0.3, 0.4) is 0 Å². The maximum absolute atomic E-state index is 12.7. The van der Waals surface area contributed by atoms with E-state index in [1.54, 1.807) is 6.92 Å². The highest BCUT2D eigenvalue weighted by atomic mass is 19.4. The number of alkyl halides is 3. The van der Waals surface area contributed by atoms with Gasteiger partial charge in [-0.25, -0.2) is 0 Å². The maximum Gasteiger partial charge on any atom is 0.389 e. The van der Waals surface area contributed by atoms with Gasteiger partial charge in [-0.05, 0) is 57.8 Å². The largest absolute Gasteiger partial charge is 0.494 e. The van der Waals surface area contributed by atoms with Crippen molar-refractivity contribution in [3.8, 4) is 5.75 Å². The first kappa shape index (κ1) is 21.5. The predicted octanol–water partition coefficient (Wildman–Crippen LogP) is 4.44. The van der Waals surface area contributed by atoms with Gasteiger partial charge in [0.2, 0.25) is 0 Å². The lowest BCUT2D eigenvalue weighted by Crippen LogP contribution is -2.49. The molecular formula is C20H28F3NO3. The van der Waals surface area contributed by atoms with Crippen LogP contribution >= 0.6 is 0 Å². The minimum absolute atomic E-state index is 0.0446. The summed E-state index contributed by atoms with van der Waals surface area (Å²) in [6.07, 6.45) is -2.99. The average molecular weight is 387 g/mol. The Morgan fingerprint density at radius 3 is 2.67 bits per heavy atom. The minimum Gasteiger partial charge on any atom is -0.494 e. The number of likely N-dealkylation sites (tertiary alicyclic amines) is 1. The number of para-hydroxylation sites is 1. The molecule has 0 N–H and O–H groups in total. The molecule has 1 aliphatic rings.